The Labute approximate surface area is 134 Å². The van der Waals surface area contributed by atoms with Crippen molar-refractivity contribution in [1.29, 1.82) is 0 Å². The summed E-state index contributed by atoms with van der Waals surface area (Å²) in [6, 6.07) is 1.61. The highest BCUT2D eigenvalue weighted by Crippen LogP contribution is 2.29. The maximum Gasteiger partial charge on any atom is 0.435 e. The smallest absolute Gasteiger partial charge is 0.435 e. The van der Waals surface area contributed by atoms with Crippen LogP contribution in [0.4, 0.5) is 4.79 Å². The van der Waals surface area contributed by atoms with Crippen molar-refractivity contribution in [1.82, 2.24) is 14.8 Å². The van der Waals surface area contributed by atoms with E-state index >= 15 is 0 Å². The number of pyridine rings is 1. The van der Waals surface area contributed by atoms with E-state index in [1.807, 2.05) is 22.6 Å². The Hall–Kier alpha value is -1.09. The summed E-state index contributed by atoms with van der Waals surface area (Å²) in [6.45, 7) is 5.37. The highest BCUT2D eigenvalue weighted by atomic mass is 127. The second kappa shape index (κ2) is 5.36. The van der Waals surface area contributed by atoms with Crippen molar-refractivity contribution in [2.24, 2.45) is 0 Å². The quantitative estimate of drug-likeness (QED) is 0.533. The lowest BCUT2D eigenvalue weighted by molar-refractivity contribution is 0.0522. The Bertz CT molecular complexity index is 679. The molecule has 0 saturated carbocycles. The topological polar surface area (TPSA) is 66.2 Å². The van der Waals surface area contributed by atoms with Crippen LogP contribution in [0.1, 0.15) is 20.8 Å². The fourth-order valence-corrected chi connectivity index (χ4v) is 2.38. The third-order valence-electron chi connectivity index (χ3n) is 2.32. The fourth-order valence-electron chi connectivity index (χ4n) is 1.55. The molecule has 0 radical (unpaired) electrons. The summed E-state index contributed by atoms with van der Waals surface area (Å²) in [6.07, 6.45) is -0.573. The first-order valence-corrected chi connectivity index (χ1v) is 7.20. The van der Waals surface area contributed by atoms with E-state index in [0.29, 0.717) is 20.5 Å². The van der Waals surface area contributed by atoms with Gasteiger partial charge in [0.25, 0.3) is 0 Å². The van der Waals surface area contributed by atoms with Gasteiger partial charge in [-0.15, -0.1) is 0 Å². The van der Waals surface area contributed by atoms with E-state index in [9.17, 15) is 4.79 Å². The molecule has 0 spiro atoms. The van der Waals surface area contributed by atoms with E-state index in [4.69, 9.17) is 21.1 Å². The highest BCUT2D eigenvalue weighted by molar-refractivity contribution is 14.1. The van der Waals surface area contributed by atoms with Gasteiger partial charge < -0.3 is 9.47 Å². The van der Waals surface area contributed by atoms with Gasteiger partial charge in [-0.3, -0.25) is 0 Å². The van der Waals surface area contributed by atoms with Gasteiger partial charge in [0.1, 0.15) is 20.3 Å². The zero-order valence-electron chi connectivity index (χ0n) is 11.4. The van der Waals surface area contributed by atoms with Gasteiger partial charge in [-0.25, -0.2) is 9.78 Å². The lowest BCUT2D eigenvalue weighted by Gasteiger charge is -2.19. The van der Waals surface area contributed by atoms with Crippen molar-refractivity contribution in [2.75, 3.05) is 7.11 Å². The Morgan fingerprint density at radius 1 is 1.45 bits per heavy atom. The Morgan fingerprint density at radius 3 is 2.65 bits per heavy atom. The van der Waals surface area contributed by atoms with Crippen molar-refractivity contribution in [3.05, 3.63) is 14.9 Å². The minimum Gasteiger partial charge on any atom is -0.493 e. The molecule has 2 aromatic heterocycles. The SMILES string of the molecule is COc1cc2c(nc1Cl)c(I)nn2C(=O)OC(C)(C)C. The van der Waals surface area contributed by atoms with E-state index in [2.05, 4.69) is 10.1 Å². The summed E-state index contributed by atoms with van der Waals surface area (Å²) >= 11 is 7.97. The second-order valence-electron chi connectivity index (χ2n) is 5.03. The van der Waals surface area contributed by atoms with Gasteiger partial charge in [-0.1, -0.05) is 11.6 Å². The zero-order chi connectivity index (χ0) is 15.1. The molecule has 0 aromatic carbocycles. The predicted octanol–water partition coefficient (Wildman–Crippen LogP) is 3.48. The molecule has 0 unspecified atom stereocenters. The number of carbonyl (C=O) groups is 1. The van der Waals surface area contributed by atoms with Gasteiger partial charge in [-0.2, -0.15) is 9.78 Å². The first-order chi connectivity index (χ1) is 9.23. The fraction of sp³-hybridized carbons (Fsp3) is 0.417. The molecule has 8 heteroatoms. The first-order valence-electron chi connectivity index (χ1n) is 5.75. The minimum absolute atomic E-state index is 0.224. The summed E-state index contributed by atoms with van der Waals surface area (Å²) in [5.74, 6) is 0.375. The monoisotopic (exact) mass is 409 g/mol. The van der Waals surface area contributed by atoms with Crippen molar-refractivity contribution < 1.29 is 14.3 Å². The standard InChI is InChI=1S/C12H13ClIN3O3/c1-12(2,3)20-11(18)17-6-5-7(19-4)9(13)15-8(6)10(14)16-17/h5H,1-4H3. The van der Waals surface area contributed by atoms with E-state index in [1.54, 1.807) is 26.8 Å². The summed E-state index contributed by atoms with van der Waals surface area (Å²) < 4.78 is 12.1. The maximum atomic E-state index is 12.1. The average Bonchev–Trinajstić information content (AvgIpc) is 2.63. The van der Waals surface area contributed by atoms with Crippen LogP contribution >= 0.6 is 34.2 Å². The molecule has 108 valence electrons. The van der Waals surface area contributed by atoms with Crippen molar-refractivity contribution >= 4 is 51.3 Å². The molecule has 2 aromatic rings. The van der Waals surface area contributed by atoms with Gasteiger partial charge in [0.05, 0.1) is 7.11 Å². The van der Waals surface area contributed by atoms with Crippen molar-refractivity contribution in [3.8, 4) is 5.75 Å². The predicted molar refractivity (Wildman–Crippen MR) is 83.4 cm³/mol. The van der Waals surface area contributed by atoms with E-state index in [1.165, 1.54) is 7.11 Å². The van der Waals surface area contributed by atoms with E-state index in [0.717, 1.165) is 4.68 Å². The summed E-state index contributed by atoms with van der Waals surface area (Å²) in [5.41, 5.74) is 0.414. The molecule has 0 aliphatic rings. The third kappa shape index (κ3) is 2.98. The van der Waals surface area contributed by atoms with Crippen LogP contribution in [0.25, 0.3) is 11.0 Å². The molecule has 0 fully saturated rings. The number of methoxy groups -OCH3 is 1. The van der Waals surface area contributed by atoms with E-state index in [-0.39, 0.29) is 5.15 Å². The van der Waals surface area contributed by atoms with Gasteiger partial charge in [-0.05, 0) is 43.4 Å². The Morgan fingerprint density at radius 2 is 2.10 bits per heavy atom. The number of fused-ring (bicyclic) bond motifs is 1. The highest BCUT2D eigenvalue weighted by Gasteiger charge is 2.23. The molecular formula is C12H13ClIN3O3. The lowest BCUT2D eigenvalue weighted by atomic mass is 10.2. The molecule has 0 atom stereocenters. The maximum absolute atomic E-state index is 12.1. The third-order valence-corrected chi connectivity index (χ3v) is 3.32. The molecule has 0 amide bonds. The van der Waals surface area contributed by atoms with Crippen LogP contribution < -0.4 is 4.74 Å². The molecule has 0 N–H and O–H groups in total. The number of aromatic nitrogens is 3. The molecule has 2 heterocycles. The molecule has 6 nitrogen and oxygen atoms in total. The lowest BCUT2D eigenvalue weighted by Crippen LogP contribution is -2.27. The number of ether oxygens (including phenoxy) is 2. The summed E-state index contributed by atoms with van der Waals surface area (Å²) in [5, 5.41) is 4.37. The second-order valence-corrected chi connectivity index (χ2v) is 6.41. The number of hydrogen-bond acceptors (Lipinski definition) is 5. The molecule has 20 heavy (non-hydrogen) atoms. The van der Waals surface area contributed by atoms with Crippen molar-refractivity contribution in [3.63, 3.8) is 0 Å². The molecule has 0 saturated heterocycles. The van der Waals surface area contributed by atoms with Crippen LogP contribution in [0.5, 0.6) is 5.75 Å². The Balaban J connectivity index is 2.57. The van der Waals surface area contributed by atoms with Crippen LogP contribution in [-0.4, -0.2) is 33.6 Å². The molecule has 2 rings (SSSR count). The first kappa shape index (κ1) is 15.3. The minimum atomic E-state index is -0.606. The molecule has 0 aliphatic heterocycles. The summed E-state index contributed by atoms with van der Waals surface area (Å²) in [7, 11) is 1.48. The number of halogens is 2. The van der Waals surface area contributed by atoms with Gasteiger partial charge in [0, 0.05) is 6.07 Å². The van der Waals surface area contributed by atoms with Crippen LogP contribution in [0, 0.1) is 3.70 Å². The number of hydrogen-bond donors (Lipinski definition) is 0. The Kier molecular flexibility index (Phi) is 4.10. The summed E-state index contributed by atoms with van der Waals surface area (Å²) in [4.78, 5) is 16.3. The zero-order valence-corrected chi connectivity index (χ0v) is 14.3. The van der Waals surface area contributed by atoms with Crippen LogP contribution in [-0.2, 0) is 4.74 Å². The molecular weight excluding hydrogens is 397 g/mol. The van der Waals surface area contributed by atoms with Gasteiger partial charge >= 0.3 is 6.09 Å². The van der Waals surface area contributed by atoms with Gasteiger partial charge in [0.2, 0.25) is 0 Å². The van der Waals surface area contributed by atoms with Gasteiger partial charge in [0.15, 0.2) is 10.9 Å². The number of nitrogens with zero attached hydrogens (tertiary/aromatic N) is 3. The van der Waals surface area contributed by atoms with Crippen LogP contribution in [0.2, 0.25) is 5.15 Å². The van der Waals surface area contributed by atoms with Crippen molar-refractivity contribution in [2.45, 2.75) is 26.4 Å². The van der Waals surface area contributed by atoms with E-state index < -0.39 is 11.7 Å². The van der Waals surface area contributed by atoms with Crippen LogP contribution in [0.3, 0.4) is 0 Å². The molecule has 0 bridgehead atoms. The largest absolute Gasteiger partial charge is 0.493 e. The number of rotatable bonds is 1. The average molecular weight is 410 g/mol. The normalized spacial score (nSPS) is 11.7. The molecule has 0 aliphatic carbocycles. The number of carbonyl (C=O) groups excluding carboxylic acids is 1. The van der Waals surface area contributed by atoms with Crippen LogP contribution in [0.15, 0.2) is 6.07 Å².